The van der Waals surface area contributed by atoms with Crippen molar-refractivity contribution >= 4 is 27.5 Å². The van der Waals surface area contributed by atoms with Crippen molar-refractivity contribution in [3.63, 3.8) is 0 Å². The highest BCUT2D eigenvalue weighted by Gasteiger charge is 2.23. The molecule has 27 heavy (non-hydrogen) atoms. The van der Waals surface area contributed by atoms with Crippen LogP contribution in [0.25, 0.3) is 10.2 Å². The molecular weight excluding hydrogens is 362 g/mol. The zero-order chi connectivity index (χ0) is 19.1. The van der Waals surface area contributed by atoms with Crippen LogP contribution < -0.4 is 5.56 Å². The van der Waals surface area contributed by atoms with Crippen LogP contribution in [-0.2, 0) is 30.7 Å². The summed E-state index contributed by atoms with van der Waals surface area (Å²) in [5, 5.41) is 0.710. The molecule has 7 heteroatoms. The number of carbonyl (C=O) groups is 1. The number of carbonyl (C=O) groups excluding carboxylic acids is 1. The number of furan rings is 1. The molecule has 1 aliphatic carbocycles. The van der Waals surface area contributed by atoms with Gasteiger partial charge in [0.1, 0.15) is 22.9 Å². The van der Waals surface area contributed by atoms with E-state index in [0.717, 1.165) is 41.2 Å². The molecule has 1 aliphatic rings. The highest BCUT2D eigenvalue weighted by atomic mass is 32.1. The summed E-state index contributed by atoms with van der Waals surface area (Å²) >= 11 is 1.62. The fraction of sp³-hybridized carbons (Fsp3) is 0.450. The number of fused-ring (bicyclic) bond motifs is 3. The molecule has 3 heterocycles. The van der Waals surface area contributed by atoms with E-state index in [1.54, 1.807) is 23.3 Å². The topological polar surface area (TPSA) is 68.3 Å². The van der Waals surface area contributed by atoms with Crippen LogP contribution >= 0.6 is 11.3 Å². The number of aryl methyl sites for hydroxylation is 2. The van der Waals surface area contributed by atoms with Crippen LogP contribution in [0.2, 0.25) is 0 Å². The zero-order valence-electron chi connectivity index (χ0n) is 15.8. The average molecular weight is 385 g/mol. The smallest absolute Gasteiger partial charge is 0.262 e. The minimum atomic E-state index is -0.148. The summed E-state index contributed by atoms with van der Waals surface area (Å²) in [7, 11) is 1.71. The van der Waals surface area contributed by atoms with Crippen molar-refractivity contribution in [2.75, 3.05) is 7.05 Å². The van der Waals surface area contributed by atoms with E-state index in [1.807, 2.05) is 19.1 Å². The van der Waals surface area contributed by atoms with E-state index in [4.69, 9.17) is 4.42 Å². The SMILES string of the molecule is Cc1ccc(CN(C)C(=O)Cn2cnc3sc4c(c3c2=O)CCC(C)C4)o1. The van der Waals surface area contributed by atoms with Crippen LogP contribution in [0.3, 0.4) is 0 Å². The third kappa shape index (κ3) is 3.43. The van der Waals surface area contributed by atoms with Crippen LogP contribution in [-0.4, -0.2) is 27.4 Å². The summed E-state index contributed by atoms with van der Waals surface area (Å²) in [4.78, 5) is 33.7. The predicted octanol–water partition coefficient (Wildman–Crippen LogP) is 3.14. The Kier molecular flexibility index (Phi) is 4.63. The molecule has 0 saturated heterocycles. The number of likely N-dealkylation sites (N-methyl/N-ethyl adjacent to an activating group) is 1. The van der Waals surface area contributed by atoms with Gasteiger partial charge in [0.2, 0.25) is 5.91 Å². The Morgan fingerprint density at radius 2 is 2.26 bits per heavy atom. The van der Waals surface area contributed by atoms with E-state index in [1.165, 1.54) is 15.8 Å². The molecule has 1 atom stereocenters. The molecule has 1 unspecified atom stereocenters. The molecule has 4 rings (SSSR count). The maximum atomic E-state index is 13.0. The van der Waals surface area contributed by atoms with Crippen molar-refractivity contribution in [2.45, 2.75) is 46.2 Å². The third-order valence-electron chi connectivity index (χ3n) is 5.20. The summed E-state index contributed by atoms with van der Waals surface area (Å²) in [5.74, 6) is 2.04. The van der Waals surface area contributed by atoms with Crippen molar-refractivity contribution in [1.29, 1.82) is 0 Å². The molecule has 0 radical (unpaired) electrons. The zero-order valence-corrected chi connectivity index (χ0v) is 16.6. The third-order valence-corrected chi connectivity index (χ3v) is 6.36. The number of hydrogen-bond acceptors (Lipinski definition) is 5. The first kappa shape index (κ1) is 18.0. The van der Waals surface area contributed by atoms with Gasteiger partial charge in [-0.15, -0.1) is 11.3 Å². The number of thiophene rings is 1. The molecule has 142 valence electrons. The van der Waals surface area contributed by atoms with E-state index >= 15 is 0 Å². The van der Waals surface area contributed by atoms with Gasteiger partial charge in [-0.3, -0.25) is 14.2 Å². The van der Waals surface area contributed by atoms with Crippen LogP contribution in [0, 0.1) is 12.8 Å². The molecule has 0 saturated carbocycles. The monoisotopic (exact) mass is 385 g/mol. The maximum absolute atomic E-state index is 13.0. The van der Waals surface area contributed by atoms with Crippen molar-refractivity contribution in [1.82, 2.24) is 14.5 Å². The quantitative estimate of drug-likeness (QED) is 0.692. The van der Waals surface area contributed by atoms with Crippen LogP contribution in [0.5, 0.6) is 0 Å². The normalized spacial score (nSPS) is 16.5. The Hall–Kier alpha value is -2.41. The van der Waals surface area contributed by atoms with Crippen molar-refractivity contribution in [2.24, 2.45) is 5.92 Å². The van der Waals surface area contributed by atoms with Gasteiger partial charge in [0.15, 0.2) is 0 Å². The Morgan fingerprint density at radius 3 is 3.00 bits per heavy atom. The highest BCUT2D eigenvalue weighted by molar-refractivity contribution is 7.18. The molecule has 0 N–H and O–H groups in total. The number of aromatic nitrogens is 2. The molecule has 0 fully saturated rings. The summed E-state index contributed by atoms with van der Waals surface area (Å²) in [5.41, 5.74) is 1.04. The average Bonchev–Trinajstić information content (AvgIpc) is 3.20. The van der Waals surface area contributed by atoms with Gasteiger partial charge in [0, 0.05) is 11.9 Å². The number of hydrogen-bond donors (Lipinski definition) is 0. The van der Waals surface area contributed by atoms with Gasteiger partial charge in [-0.1, -0.05) is 6.92 Å². The standard InChI is InChI=1S/C20H23N3O3S/c1-12-4-7-15-16(8-12)27-19-18(15)20(25)23(11-21-19)10-17(24)22(3)9-14-6-5-13(2)26-14/h5-6,11-12H,4,7-10H2,1-3H3. The Balaban J connectivity index is 1.57. The minimum Gasteiger partial charge on any atom is -0.464 e. The fourth-order valence-electron chi connectivity index (χ4n) is 3.64. The number of nitrogens with zero attached hydrogens (tertiary/aromatic N) is 3. The maximum Gasteiger partial charge on any atom is 0.262 e. The molecule has 0 spiro atoms. The van der Waals surface area contributed by atoms with Gasteiger partial charge in [0.25, 0.3) is 5.56 Å². The second kappa shape index (κ2) is 6.96. The molecule has 0 bridgehead atoms. The molecule has 0 aromatic carbocycles. The fourth-order valence-corrected chi connectivity index (χ4v) is 4.98. The highest BCUT2D eigenvalue weighted by Crippen LogP contribution is 2.35. The van der Waals surface area contributed by atoms with Crippen molar-refractivity contribution in [3.8, 4) is 0 Å². The van der Waals surface area contributed by atoms with E-state index in [9.17, 15) is 9.59 Å². The second-order valence-corrected chi connectivity index (χ2v) is 8.56. The molecule has 0 aliphatic heterocycles. The molecule has 3 aromatic heterocycles. The summed E-state index contributed by atoms with van der Waals surface area (Å²) < 4.78 is 6.95. The first-order chi connectivity index (χ1) is 12.9. The van der Waals surface area contributed by atoms with Gasteiger partial charge >= 0.3 is 0 Å². The van der Waals surface area contributed by atoms with Gasteiger partial charge in [-0.25, -0.2) is 4.98 Å². The van der Waals surface area contributed by atoms with E-state index < -0.39 is 0 Å². The Morgan fingerprint density at radius 1 is 1.44 bits per heavy atom. The molecule has 1 amide bonds. The lowest BCUT2D eigenvalue weighted by Crippen LogP contribution is -2.33. The number of rotatable bonds is 4. The van der Waals surface area contributed by atoms with Crippen molar-refractivity contribution < 1.29 is 9.21 Å². The van der Waals surface area contributed by atoms with Crippen LogP contribution in [0.1, 0.15) is 35.3 Å². The lowest BCUT2D eigenvalue weighted by atomic mass is 9.89. The van der Waals surface area contributed by atoms with Gasteiger partial charge in [-0.05, 0) is 49.8 Å². The van der Waals surface area contributed by atoms with Crippen LogP contribution in [0.15, 0.2) is 27.7 Å². The van der Waals surface area contributed by atoms with E-state index in [2.05, 4.69) is 11.9 Å². The van der Waals surface area contributed by atoms with Crippen molar-refractivity contribution in [3.05, 3.63) is 50.8 Å². The second-order valence-electron chi connectivity index (χ2n) is 7.47. The van der Waals surface area contributed by atoms with Gasteiger partial charge in [-0.2, -0.15) is 0 Å². The summed E-state index contributed by atoms with van der Waals surface area (Å²) in [6, 6.07) is 3.73. The lowest BCUT2D eigenvalue weighted by molar-refractivity contribution is -0.131. The molecular formula is C20H23N3O3S. The minimum absolute atomic E-state index is 0.0149. The first-order valence-corrected chi connectivity index (χ1v) is 10.0. The van der Waals surface area contributed by atoms with E-state index in [0.29, 0.717) is 17.8 Å². The largest absolute Gasteiger partial charge is 0.464 e. The number of amides is 1. The Bertz CT molecular complexity index is 1060. The van der Waals surface area contributed by atoms with E-state index in [-0.39, 0.29) is 18.0 Å². The summed E-state index contributed by atoms with van der Waals surface area (Å²) in [6.07, 6.45) is 4.53. The molecule has 6 nitrogen and oxygen atoms in total. The summed E-state index contributed by atoms with van der Waals surface area (Å²) in [6.45, 7) is 4.48. The molecule has 3 aromatic rings. The van der Waals surface area contributed by atoms with Gasteiger partial charge in [0.05, 0.1) is 18.3 Å². The first-order valence-electron chi connectivity index (χ1n) is 9.21. The van der Waals surface area contributed by atoms with Crippen LogP contribution in [0.4, 0.5) is 0 Å². The Labute approximate surface area is 161 Å². The lowest BCUT2D eigenvalue weighted by Gasteiger charge is -2.18. The van der Waals surface area contributed by atoms with Gasteiger partial charge < -0.3 is 9.32 Å². The predicted molar refractivity (Wildman–Crippen MR) is 105 cm³/mol.